The first-order valence-corrected chi connectivity index (χ1v) is 6.09. The van der Waals surface area contributed by atoms with Gasteiger partial charge in [0, 0.05) is 19.5 Å². The van der Waals surface area contributed by atoms with E-state index in [1.54, 1.807) is 17.0 Å². The van der Waals surface area contributed by atoms with Crippen LogP contribution in [0.2, 0.25) is 0 Å². The van der Waals surface area contributed by atoms with Crippen LogP contribution in [0.1, 0.15) is 13.3 Å². The van der Waals surface area contributed by atoms with Gasteiger partial charge in [-0.1, -0.05) is 23.4 Å². The number of amides is 1. The Morgan fingerprint density at radius 3 is 2.68 bits per heavy atom. The van der Waals surface area contributed by atoms with Crippen LogP contribution in [0.25, 0.3) is 0 Å². The van der Waals surface area contributed by atoms with E-state index in [0.29, 0.717) is 25.3 Å². The maximum absolute atomic E-state index is 11.9. The van der Waals surface area contributed by atoms with Gasteiger partial charge < -0.3 is 20.6 Å². The molecule has 0 heterocycles. The standard InChI is InChI=1S/C13H19N3O3/c1-2-16(9-8-12(14)15-18)13(17)10-19-11-6-4-3-5-7-11/h3-7,18H,2,8-10H2,1H3,(H2,14,15). The average Bonchev–Trinajstić information content (AvgIpc) is 2.46. The molecule has 1 rings (SSSR count). The molecule has 6 nitrogen and oxygen atoms in total. The molecule has 1 aromatic rings. The van der Waals surface area contributed by atoms with Gasteiger partial charge in [-0.2, -0.15) is 0 Å². The summed E-state index contributed by atoms with van der Waals surface area (Å²) in [6.45, 7) is 2.81. The second-order valence-corrected chi connectivity index (χ2v) is 3.92. The van der Waals surface area contributed by atoms with Crippen LogP contribution in [-0.4, -0.2) is 41.5 Å². The van der Waals surface area contributed by atoms with Crippen LogP contribution in [-0.2, 0) is 4.79 Å². The third-order valence-electron chi connectivity index (χ3n) is 2.61. The highest BCUT2D eigenvalue weighted by molar-refractivity contribution is 5.81. The van der Waals surface area contributed by atoms with Crippen molar-refractivity contribution in [1.29, 1.82) is 0 Å². The zero-order chi connectivity index (χ0) is 14.1. The number of carbonyl (C=O) groups excluding carboxylic acids is 1. The molecule has 6 heteroatoms. The van der Waals surface area contributed by atoms with Crippen molar-refractivity contribution >= 4 is 11.7 Å². The number of nitrogens with zero attached hydrogens (tertiary/aromatic N) is 2. The van der Waals surface area contributed by atoms with Crippen molar-refractivity contribution in [3.8, 4) is 5.75 Å². The molecule has 19 heavy (non-hydrogen) atoms. The lowest BCUT2D eigenvalue weighted by atomic mass is 10.3. The number of benzene rings is 1. The van der Waals surface area contributed by atoms with Crippen molar-refractivity contribution in [2.45, 2.75) is 13.3 Å². The zero-order valence-corrected chi connectivity index (χ0v) is 11.0. The quantitative estimate of drug-likeness (QED) is 0.334. The van der Waals surface area contributed by atoms with E-state index in [0.717, 1.165) is 0 Å². The minimum absolute atomic E-state index is 0.0198. The Kier molecular flexibility index (Phi) is 6.21. The molecule has 1 amide bonds. The number of amidine groups is 1. The van der Waals surface area contributed by atoms with Gasteiger partial charge >= 0.3 is 0 Å². The van der Waals surface area contributed by atoms with Crippen molar-refractivity contribution in [2.24, 2.45) is 10.9 Å². The molecule has 104 valence electrons. The van der Waals surface area contributed by atoms with Crippen LogP contribution in [0, 0.1) is 0 Å². The summed E-state index contributed by atoms with van der Waals surface area (Å²) in [5.41, 5.74) is 5.37. The highest BCUT2D eigenvalue weighted by atomic mass is 16.5. The summed E-state index contributed by atoms with van der Waals surface area (Å²) in [6.07, 6.45) is 0.335. The third kappa shape index (κ3) is 5.29. The lowest BCUT2D eigenvalue weighted by Gasteiger charge is -2.20. The van der Waals surface area contributed by atoms with Gasteiger partial charge in [0.05, 0.1) is 0 Å². The van der Waals surface area contributed by atoms with Gasteiger partial charge in [0.25, 0.3) is 5.91 Å². The molecule has 3 N–H and O–H groups in total. The molecular weight excluding hydrogens is 246 g/mol. The van der Waals surface area contributed by atoms with Crippen molar-refractivity contribution < 1.29 is 14.7 Å². The van der Waals surface area contributed by atoms with Gasteiger partial charge in [-0.25, -0.2) is 0 Å². The Bertz CT molecular complexity index is 420. The van der Waals surface area contributed by atoms with Crippen LogP contribution >= 0.6 is 0 Å². The first-order chi connectivity index (χ1) is 9.17. The number of likely N-dealkylation sites (N-methyl/N-ethyl adjacent to an activating group) is 1. The smallest absolute Gasteiger partial charge is 0.260 e. The molecule has 0 aromatic heterocycles. The Balaban J connectivity index is 2.41. The predicted molar refractivity (Wildman–Crippen MR) is 72.2 cm³/mol. The third-order valence-corrected chi connectivity index (χ3v) is 2.61. The molecule has 0 aliphatic rings. The van der Waals surface area contributed by atoms with Crippen molar-refractivity contribution in [2.75, 3.05) is 19.7 Å². The molecule has 0 bridgehead atoms. The van der Waals surface area contributed by atoms with Gasteiger partial charge in [0.15, 0.2) is 6.61 Å². The molecule has 0 unspecified atom stereocenters. The van der Waals surface area contributed by atoms with E-state index in [1.807, 2.05) is 25.1 Å². The Labute approximate surface area is 112 Å². The van der Waals surface area contributed by atoms with Crippen molar-refractivity contribution in [3.05, 3.63) is 30.3 Å². The van der Waals surface area contributed by atoms with E-state index in [1.165, 1.54) is 0 Å². The number of oxime groups is 1. The molecule has 0 saturated carbocycles. The van der Waals surface area contributed by atoms with Gasteiger partial charge in [-0.05, 0) is 19.1 Å². The minimum Gasteiger partial charge on any atom is -0.484 e. The lowest BCUT2D eigenvalue weighted by Crippen LogP contribution is -2.37. The normalized spacial score (nSPS) is 11.1. The first-order valence-electron chi connectivity index (χ1n) is 6.09. The van der Waals surface area contributed by atoms with E-state index in [4.69, 9.17) is 15.7 Å². The molecule has 0 aliphatic carbocycles. The SMILES string of the molecule is CCN(CCC(N)=NO)C(=O)COc1ccccc1. The minimum atomic E-state index is -0.128. The topological polar surface area (TPSA) is 88.1 Å². The predicted octanol–water partition coefficient (Wildman–Crippen LogP) is 1.05. The van der Waals surface area contributed by atoms with Crippen molar-refractivity contribution in [1.82, 2.24) is 4.90 Å². The molecular formula is C13H19N3O3. The maximum Gasteiger partial charge on any atom is 0.260 e. The van der Waals surface area contributed by atoms with E-state index in [9.17, 15) is 4.79 Å². The Hall–Kier alpha value is -2.24. The number of ether oxygens (including phenoxy) is 1. The summed E-state index contributed by atoms with van der Waals surface area (Å²) >= 11 is 0. The Morgan fingerprint density at radius 1 is 1.42 bits per heavy atom. The molecule has 0 spiro atoms. The van der Waals surface area contributed by atoms with Gasteiger partial charge in [0.1, 0.15) is 11.6 Å². The summed E-state index contributed by atoms with van der Waals surface area (Å²) in [5.74, 6) is 0.635. The zero-order valence-electron chi connectivity index (χ0n) is 11.0. The van der Waals surface area contributed by atoms with Gasteiger partial charge in [0.2, 0.25) is 0 Å². The van der Waals surface area contributed by atoms with Crippen LogP contribution in [0.5, 0.6) is 5.75 Å². The number of hydrogen-bond donors (Lipinski definition) is 2. The van der Waals surface area contributed by atoms with Crippen LogP contribution in [0.15, 0.2) is 35.5 Å². The molecule has 0 atom stereocenters. The fourth-order valence-corrected chi connectivity index (χ4v) is 1.51. The summed E-state index contributed by atoms with van der Waals surface area (Å²) in [5, 5.41) is 11.3. The van der Waals surface area contributed by atoms with Crippen LogP contribution < -0.4 is 10.5 Å². The lowest BCUT2D eigenvalue weighted by molar-refractivity contribution is -0.133. The number of rotatable bonds is 7. The summed E-state index contributed by atoms with van der Waals surface area (Å²) in [6, 6.07) is 9.15. The maximum atomic E-state index is 11.9. The Morgan fingerprint density at radius 2 is 2.11 bits per heavy atom. The average molecular weight is 265 g/mol. The van der Waals surface area contributed by atoms with E-state index in [-0.39, 0.29) is 18.3 Å². The molecule has 1 aromatic carbocycles. The number of hydrogen-bond acceptors (Lipinski definition) is 4. The van der Waals surface area contributed by atoms with E-state index >= 15 is 0 Å². The van der Waals surface area contributed by atoms with E-state index in [2.05, 4.69) is 5.16 Å². The summed E-state index contributed by atoms with van der Waals surface area (Å²) in [4.78, 5) is 13.5. The fourth-order valence-electron chi connectivity index (χ4n) is 1.51. The number of para-hydroxylation sites is 1. The number of carbonyl (C=O) groups is 1. The van der Waals surface area contributed by atoms with E-state index < -0.39 is 0 Å². The van der Waals surface area contributed by atoms with Crippen LogP contribution in [0.3, 0.4) is 0 Å². The second-order valence-electron chi connectivity index (χ2n) is 3.92. The fraction of sp³-hybridized carbons (Fsp3) is 0.385. The van der Waals surface area contributed by atoms with Gasteiger partial charge in [-0.3, -0.25) is 4.79 Å². The second kappa shape index (κ2) is 7.97. The summed E-state index contributed by atoms with van der Waals surface area (Å²) < 4.78 is 5.38. The summed E-state index contributed by atoms with van der Waals surface area (Å²) in [7, 11) is 0. The highest BCUT2D eigenvalue weighted by Crippen LogP contribution is 2.08. The monoisotopic (exact) mass is 265 g/mol. The largest absolute Gasteiger partial charge is 0.484 e. The molecule has 0 saturated heterocycles. The molecule has 0 aliphatic heterocycles. The highest BCUT2D eigenvalue weighted by Gasteiger charge is 2.12. The van der Waals surface area contributed by atoms with Crippen molar-refractivity contribution in [3.63, 3.8) is 0 Å². The number of nitrogens with two attached hydrogens (primary N) is 1. The van der Waals surface area contributed by atoms with Gasteiger partial charge in [-0.15, -0.1) is 0 Å². The molecule has 0 radical (unpaired) electrons. The molecule has 0 fully saturated rings. The first kappa shape index (κ1) is 14.8. The van der Waals surface area contributed by atoms with Crippen LogP contribution in [0.4, 0.5) is 0 Å².